The third-order valence-corrected chi connectivity index (χ3v) is 6.34. The van der Waals surface area contributed by atoms with Gasteiger partial charge in [-0.15, -0.1) is 0 Å². The van der Waals surface area contributed by atoms with E-state index in [0.717, 1.165) is 12.8 Å². The minimum absolute atomic E-state index is 0.123. The summed E-state index contributed by atoms with van der Waals surface area (Å²) in [5, 5.41) is 2.61. The number of hydrogen-bond acceptors (Lipinski definition) is 8. The molecule has 2 amide bonds. The Morgan fingerprint density at radius 3 is 2.35 bits per heavy atom. The molecule has 2 aliphatic rings. The van der Waals surface area contributed by atoms with Crippen LogP contribution in [0.5, 0.6) is 6.01 Å². The van der Waals surface area contributed by atoms with Gasteiger partial charge in [0.1, 0.15) is 18.2 Å². The predicted molar refractivity (Wildman–Crippen MR) is 127 cm³/mol. The second kappa shape index (κ2) is 9.69. The quantitative estimate of drug-likeness (QED) is 0.621. The maximum absolute atomic E-state index is 12.9. The molecule has 1 aromatic rings. The third kappa shape index (κ3) is 6.18. The first-order valence-corrected chi connectivity index (χ1v) is 11.8. The Balaban J connectivity index is 1.53. The highest BCUT2D eigenvalue weighted by Crippen LogP contribution is 2.36. The monoisotopic (exact) mass is 476 g/mol. The van der Waals surface area contributed by atoms with Crippen LogP contribution < -0.4 is 15.5 Å². The minimum atomic E-state index is -0.703. The van der Waals surface area contributed by atoms with E-state index in [-0.39, 0.29) is 24.6 Å². The van der Waals surface area contributed by atoms with Gasteiger partial charge in [-0.3, -0.25) is 4.79 Å². The smallest absolute Gasteiger partial charge is 0.461 e. The van der Waals surface area contributed by atoms with Crippen LogP contribution in [-0.4, -0.2) is 76.0 Å². The van der Waals surface area contributed by atoms with Gasteiger partial charge in [0.25, 0.3) is 0 Å². The molecule has 0 bridgehead atoms. The van der Waals surface area contributed by atoms with E-state index >= 15 is 0 Å². The standard InChI is InChI=1S/C23H37BN4O6/c1-15(27-20(30)32-21(2,3)4)18(29)28-11-9-10-17(28)14-31-19-25-12-16(13-26-19)24-33-22(5,6)23(7,8)34-24/h12-13,15,17H,9-11,14H2,1-8H3,(H,27,30)/t15-,17+/m1/s1. The third-order valence-electron chi connectivity index (χ3n) is 6.34. The summed E-state index contributed by atoms with van der Waals surface area (Å²) >= 11 is 0. The molecule has 0 aromatic carbocycles. The van der Waals surface area contributed by atoms with Crippen molar-refractivity contribution < 1.29 is 28.4 Å². The SMILES string of the molecule is C[C@@H](NC(=O)OC(C)(C)C)C(=O)N1CCC[C@H]1COc1ncc(B2OC(C)(C)C(C)(C)O2)cn1. The number of nitrogens with one attached hydrogen (secondary N) is 1. The van der Waals surface area contributed by atoms with Gasteiger partial charge in [-0.25, -0.2) is 14.8 Å². The number of carbonyl (C=O) groups excluding carboxylic acids is 2. The number of rotatable bonds is 6. The van der Waals surface area contributed by atoms with Crippen molar-refractivity contribution in [2.45, 2.75) is 97.1 Å². The molecular weight excluding hydrogens is 439 g/mol. The molecule has 34 heavy (non-hydrogen) atoms. The zero-order chi connectivity index (χ0) is 25.3. The molecule has 2 fully saturated rings. The van der Waals surface area contributed by atoms with Gasteiger partial charge in [-0.1, -0.05) is 0 Å². The van der Waals surface area contributed by atoms with Crippen molar-refractivity contribution in [3.05, 3.63) is 12.4 Å². The van der Waals surface area contributed by atoms with Crippen LogP contribution in [0.1, 0.15) is 68.2 Å². The number of ether oxygens (including phenoxy) is 2. The van der Waals surface area contributed by atoms with Gasteiger partial charge in [-0.05, 0) is 68.2 Å². The fourth-order valence-corrected chi connectivity index (χ4v) is 3.77. The van der Waals surface area contributed by atoms with Gasteiger partial charge in [0.15, 0.2) is 0 Å². The van der Waals surface area contributed by atoms with Crippen LogP contribution >= 0.6 is 0 Å². The maximum Gasteiger partial charge on any atom is 0.498 e. The number of likely N-dealkylation sites (tertiary alicyclic amines) is 1. The van der Waals surface area contributed by atoms with E-state index in [9.17, 15) is 9.59 Å². The second-order valence-electron chi connectivity index (χ2n) is 10.9. The minimum Gasteiger partial charge on any atom is -0.461 e. The molecule has 10 nitrogen and oxygen atoms in total. The molecule has 3 rings (SSSR count). The van der Waals surface area contributed by atoms with Gasteiger partial charge in [-0.2, -0.15) is 0 Å². The van der Waals surface area contributed by atoms with E-state index in [4.69, 9.17) is 18.8 Å². The van der Waals surface area contributed by atoms with Crippen LogP contribution in [0.4, 0.5) is 4.79 Å². The normalized spacial score (nSPS) is 22.4. The summed E-state index contributed by atoms with van der Waals surface area (Å²) in [4.78, 5) is 35.2. The summed E-state index contributed by atoms with van der Waals surface area (Å²) in [6.45, 7) is 15.8. The Bertz CT molecular complexity index is 870. The van der Waals surface area contributed by atoms with E-state index in [2.05, 4.69) is 15.3 Å². The lowest BCUT2D eigenvalue weighted by Crippen LogP contribution is -2.50. The summed E-state index contributed by atoms with van der Waals surface area (Å²) in [6, 6.07) is -0.604. The number of nitrogens with zero attached hydrogens (tertiary/aromatic N) is 3. The van der Waals surface area contributed by atoms with Crippen molar-refractivity contribution >= 4 is 24.6 Å². The average Bonchev–Trinajstić information content (AvgIpc) is 3.26. The molecule has 0 spiro atoms. The number of carbonyl (C=O) groups is 2. The zero-order valence-corrected chi connectivity index (χ0v) is 21.5. The molecule has 0 saturated carbocycles. The van der Waals surface area contributed by atoms with E-state index in [1.807, 2.05) is 27.7 Å². The van der Waals surface area contributed by atoms with Crippen LogP contribution in [0.25, 0.3) is 0 Å². The van der Waals surface area contributed by atoms with Gasteiger partial charge in [0.05, 0.1) is 17.2 Å². The van der Waals surface area contributed by atoms with Crippen molar-refractivity contribution in [2.24, 2.45) is 0 Å². The van der Waals surface area contributed by atoms with Crippen LogP contribution in [0.3, 0.4) is 0 Å². The van der Waals surface area contributed by atoms with Crippen LogP contribution in [0.15, 0.2) is 12.4 Å². The summed E-state index contributed by atoms with van der Waals surface area (Å²) in [7, 11) is -0.541. The van der Waals surface area contributed by atoms with Gasteiger partial charge in [0.2, 0.25) is 5.91 Å². The predicted octanol–water partition coefficient (Wildman–Crippen LogP) is 2.06. The van der Waals surface area contributed by atoms with E-state index < -0.39 is 36.1 Å². The van der Waals surface area contributed by atoms with Gasteiger partial charge in [0, 0.05) is 24.4 Å². The lowest BCUT2D eigenvalue weighted by Gasteiger charge is -2.32. The first kappa shape index (κ1) is 26.2. The molecule has 2 atom stereocenters. The molecular formula is C23H37BN4O6. The molecule has 1 aromatic heterocycles. The Morgan fingerprint density at radius 2 is 1.79 bits per heavy atom. The zero-order valence-electron chi connectivity index (χ0n) is 21.5. The van der Waals surface area contributed by atoms with Crippen LogP contribution in [-0.2, 0) is 18.8 Å². The molecule has 2 saturated heterocycles. The largest absolute Gasteiger partial charge is 0.498 e. The Labute approximate surface area is 202 Å². The average molecular weight is 476 g/mol. The van der Waals surface area contributed by atoms with Crippen LogP contribution in [0, 0.1) is 0 Å². The van der Waals surface area contributed by atoms with E-state index in [1.54, 1.807) is 45.0 Å². The van der Waals surface area contributed by atoms with Crippen molar-refractivity contribution in [1.29, 1.82) is 0 Å². The molecule has 0 aliphatic carbocycles. The highest BCUT2D eigenvalue weighted by atomic mass is 16.7. The van der Waals surface area contributed by atoms with Crippen molar-refractivity contribution in [1.82, 2.24) is 20.2 Å². The fraction of sp³-hybridized carbons (Fsp3) is 0.739. The highest BCUT2D eigenvalue weighted by molar-refractivity contribution is 6.61. The summed E-state index contributed by atoms with van der Waals surface area (Å²) in [6.07, 6.45) is 4.32. The van der Waals surface area contributed by atoms with E-state index in [1.165, 1.54) is 0 Å². The Kier molecular flexibility index (Phi) is 7.47. The van der Waals surface area contributed by atoms with Crippen LogP contribution in [0.2, 0.25) is 0 Å². The molecule has 3 heterocycles. The molecule has 188 valence electrons. The summed E-state index contributed by atoms with van der Waals surface area (Å²) < 4.78 is 23.1. The van der Waals surface area contributed by atoms with Crippen molar-refractivity contribution in [3.8, 4) is 6.01 Å². The topological polar surface area (TPSA) is 112 Å². The molecule has 0 radical (unpaired) electrons. The lowest BCUT2D eigenvalue weighted by molar-refractivity contribution is -0.134. The van der Waals surface area contributed by atoms with E-state index in [0.29, 0.717) is 12.0 Å². The molecule has 2 aliphatic heterocycles. The maximum atomic E-state index is 12.9. The Morgan fingerprint density at radius 1 is 1.21 bits per heavy atom. The molecule has 11 heteroatoms. The first-order chi connectivity index (χ1) is 15.7. The fourth-order valence-electron chi connectivity index (χ4n) is 3.77. The second-order valence-corrected chi connectivity index (χ2v) is 10.9. The van der Waals surface area contributed by atoms with Crippen molar-refractivity contribution in [2.75, 3.05) is 13.2 Å². The molecule has 0 unspecified atom stereocenters. The number of aromatic nitrogens is 2. The molecule has 1 N–H and O–H groups in total. The highest BCUT2D eigenvalue weighted by Gasteiger charge is 2.52. The number of amides is 2. The number of hydrogen-bond donors (Lipinski definition) is 1. The number of alkyl carbamates (subject to hydrolysis) is 1. The summed E-state index contributed by atoms with van der Waals surface area (Å²) in [5.41, 5.74) is -0.804. The van der Waals surface area contributed by atoms with Gasteiger partial charge >= 0.3 is 19.2 Å². The Hall–Kier alpha value is -2.40. The van der Waals surface area contributed by atoms with Crippen molar-refractivity contribution in [3.63, 3.8) is 0 Å². The summed E-state index contributed by atoms with van der Waals surface area (Å²) in [5.74, 6) is -0.172. The van der Waals surface area contributed by atoms with Gasteiger partial charge < -0.3 is 29.0 Å². The first-order valence-electron chi connectivity index (χ1n) is 11.8. The lowest BCUT2D eigenvalue weighted by atomic mass is 9.81.